The number of carboxylic acid groups (broad SMARTS) is 1. The van der Waals surface area contributed by atoms with Crippen LogP contribution in [0.3, 0.4) is 0 Å². The van der Waals surface area contributed by atoms with Crippen LogP contribution in [0.25, 0.3) is 0 Å². The number of methoxy groups -OCH3 is 2. The standard InChI is InChI=1S/C30H41N3O8/c1-4-5-12-32(13-8-11-31)27(34)17-33-16-21(20-14-25(38-3)29-26(15-20)40-19-41-29)28(30(35)36)22(33)18-39-24-10-7-6-9-23(24)37-2/h6-7,9-10,14-15,21-22,28H,4-5,8,11-13,16-19,31H2,1-3H3,(H,35,36)/t21-,22+,28?/m1/s1. The van der Waals surface area contributed by atoms with Gasteiger partial charge in [-0.2, -0.15) is 0 Å². The zero-order valence-corrected chi connectivity index (χ0v) is 24.0. The maximum atomic E-state index is 13.6. The molecule has 1 saturated heterocycles. The number of nitrogens with zero attached hydrogens (tertiary/aromatic N) is 2. The highest BCUT2D eigenvalue weighted by Gasteiger charge is 2.48. The number of carbonyl (C=O) groups is 2. The lowest BCUT2D eigenvalue weighted by atomic mass is 9.85. The van der Waals surface area contributed by atoms with Crippen LogP contribution in [0.4, 0.5) is 0 Å². The number of fused-ring (bicyclic) bond motifs is 1. The first-order valence-electron chi connectivity index (χ1n) is 14.1. The Labute approximate surface area is 241 Å². The number of benzene rings is 2. The van der Waals surface area contributed by atoms with Crippen LogP contribution in [0.2, 0.25) is 0 Å². The van der Waals surface area contributed by atoms with Gasteiger partial charge in [0.15, 0.2) is 23.0 Å². The first-order valence-corrected chi connectivity index (χ1v) is 14.1. The average Bonchev–Trinajstić information content (AvgIpc) is 3.60. The molecule has 1 amide bonds. The molecule has 4 rings (SSSR count). The van der Waals surface area contributed by atoms with E-state index in [0.717, 1.165) is 18.4 Å². The van der Waals surface area contributed by atoms with E-state index in [1.165, 1.54) is 7.11 Å². The molecule has 3 N–H and O–H groups in total. The van der Waals surface area contributed by atoms with Crippen molar-refractivity contribution < 1.29 is 38.4 Å². The van der Waals surface area contributed by atoms with E-state index in [1.807, 2.05) is 28.0 Å². The Hall–Kier alpha value is -3.70. The largest absolute Gasteiger partial charge is 0.493 e. The topological polar surface area (TPSA) is 133 Å². The monoisotopic (exact) mass is 571 g/mol. The molecule has 2 aromatic carbocycles. The van der Waals surface area contributed by atoms with Gasteiger partial charge in [-0.25, -0.2) is 0 Å². The smallest absolute Gasteiger partial charge is 0.308 e. The fourth-order valence-corrected chi connectivity index (χ4v) is 5.58. The molecule has 11 nitrogen and oxygen atoms in total. The van der Waals surface area contributed by atoms with E-state index >= 15 is 0 Å². The van der Waals surface area contributed by atoms with Gasteiger partial charge in [0, 0.05) is 25.6 Å². The molecule has 0 saturated carbocycles. The van der Waals surface area contributed by atoms with Gasteiger partial charge in [-0.15, -0.1) is 0 Å². The van der Waals surface area contributed by atoms with Gasteiger partial charge in [-0.05, 0) is 49.2 Å². The van der Waals surface area contributed by atoms with Gasteiger partial charge in [0.2, 0.25) is 18.4 Å². The molecule has 1 fully saturated rings. The number of para-hydroxylation sites is 2. The van der Waals surface area contributed by atoms with Crippen molar-refractivity contribution in [1.29, 1.82) is 0 Å². The Morgan fingerprint density at radius 3 is 2.49 bits per heavy atom. The summed E-state index contributed by atoms with van der Waals surface area (Å²) in [5, 5.41) is 10.5. The summed E-state index contributed by atoms with van der Waals surface area (Å²) in [5.74, 6) is 0.184. The number of nitrogens with two attached hydrogens (primary N) is 1. The minimum Gasteiger partial charge on any atom is -0.493 e. The van der Waals surface area contributed by atoms with Crippen LogP contribution in [-0.4, -0.2) is 93.2 Å². The molecule has 2 aromatic rings. The number of likely N-dealkylation sites (tertiary alicyclic amines) is 1. The quantitative estimate of drug-likeness (QED) is 0.329. The Bertz CT molecular complexity index is 1180. The molecular weight excluding hydrogens is 530 g/mol. The summed E-state index contributed by atoms with van der Waals surface area (Å²) in [6.07, 6.45) is 2.54. The van der Waals surface area contributed by atoms with Crippen molar-refractivity contribution in [2.45, 2.75) is 38.1 Å². The molecule has 0 spiro atoms. The average molecular weight is 572 g/mol. The summed E-state index contributed by atoms with van der Waals surface area (Å²) in [7, 11) is 3.09. The number of hydrogen-bond donors (Lipinski definition) is 2. The van der Waals surface area contributed by atoms with Crippen LogP contribution in [0, 0.1) is 5.92 Å². The molecule has 2 aliphatic heterocycles. The highest BCUT2D eigenvalue weighted by Crippen LogP contribution is 2.47. The summed E-state index contributed by atoms with van der Waals surface area (Å²) >= 11 is 0. The van der Waals surface area contributed by atoms with Crippen LogP contribution in [0.15, 0.2) is 36.4 Å². The number of ether oxygens (including phenoxy) is 5. The number of carbonyl (C=O) groups excluding carboxylic acids is 1. The normalized spacial score (nSPS) is 19.7. The number of unbranched alkanes of at least 4 members (excludes halogenated alkanes) is 1. The van der Waals surface area contributed by atoms with Gasteiger partial charge < -0.3 is 39.4 Å². The van der Waals surface area contributed by atoms with Gasteiger partial charge in [0.1, 0.15) is 6.61 Å². The van der Waals surface area contributed by atoms with E-state index in [2.05, 4.69) is 6.92 Å². The van der Waals surface area contributed by atoms with E-state index in [1.54, 1.807) is 25.3 Å². The SMILES string of the molecule is CCCCN(CCCN)C(=O)CN1C[C@H](c2cc(OC)c3c(c2)OCO3)C(C(=O)O)[C@@H]1COc1ccccc1OC. The predicted molar refractivity (Wildman–Crippen MR) is 152 cm³/mol. The molecule has 0 aliphatic carbocycles. The van der Waals surface area contributed by atoms with Crippen LogP contribution in [-0.2, 0) is 9.59 Å². The molecule has 2 aliphatic rings. The van der Waals surface area contributed by atoms with E-state index in [9.17, 15) is 14.7 Å². The lowest BCUT2D eigenvalue weighted by molar-refractivity contribution is -0.144. The van der Waals surface area contributed by atoms with Gasteiger partial charge in [0.25, 0.3) is 0 Å². The van der Waals surface area contributed by atoms with Crippen molar-refractivity contribution in [3.8, 4) is 28.7 Å². The van der Waals surface area contributed by atoms with Crippen LogP contribution >= 0.6 is 0 Å². The zero-order chi connectivity index (χ0) is 29.4. The van der Waals surface area contributed by atoms with Crippen LogP contribution in [0.5, 0.6) is 28.7 Å². The van der Waals surface area contributed by atoms with Crippen LogP contribution < -0.4 is 29.4 Å². The first-order chi connectivity index (χ1) is 19.9. The first kappa shape index (κ1) is 30.3. The highest BCUT2D eigenvalue weighted by molar-refractivity contribution is 5.79. The lowest BCUT2D eigenvalue weighted by Crippen LogP contribution is -2.47. The van der Waals surface area contributed by atoms with E-state index in [-0.39, 0.29) is 25.9 Å². The second-order valence-corrected chi connectivity index (χ2v) is 10.3. The summed E-state index contributed by atoms with van der Waals surface area (Å²) in [5.41, 5.74) is 6.47. The third-order valence-electron chi connectivity index (χ3n) is 7.73. The van der Waals surface area contributed by atoms with Crippen LogP contribution in [0.1, 0.15) is 37.7 Å². The third kappa shape index (κ3) is 6.97. The molecular formula is C30H41N3O8. The summed E-state index contributed by atoms with van der Waals surface area (Å²) in [4.78, 5) is 30.2. The third-order valence-corrected chi connectivity index (χ3v) is 7.73. The molecule has 1 unspecified atom stereocenters. The second-order valence-electron chi connectivity index (χ2n) is 10.3. The number of rotatable bonds is 15. The van der Waals surface area contributed by atoms with Crippen molar-refractivity contribution in [1.82, 2.24) is 9.80 Å². The van der Waals surface area contributed by atoms with Crippen molar-refractivity contribution >= 4 is 11.9 Å². The minimum absolute atomic E-state index is 0.0535. The van der Waals surface area contributed by atoms with Crippen molar-refractivity contribution in [2.75, 3.05) is 60.3 Å². The van der Waals surface area contributed by atoms with Gasteiger partial charge in [-0.3, -0.25) is 14.5 Å². The predicted octanol–water partition coefficient (Wildman–Crippen LogP) is 2.96. The van der Waals surface area contributed by atoms with Crippen molar-refractivity contribution in [2.24, 2.45) is 11.7 Å². The highest BCUT2D eigenvalue weighted by atomic mass is 16.7. The van der Waals surface area contributed by atoms with Crippen molar-refractivity contribution in [3.63, 3.8) is 0 Å². The molecule has 3 atom stereocenters. The summed E-state index contributed by atoms with van der Waals surface area (Å²) < 4.78 is 28.3. The number of aliphatic carboxylic acids is 1. The second kappa shape index (κ2) is 14.3. The van der Waals surface area contributed by atoms with E-state index in [0.29, 0.717) is 61.3 Å². The number of amides is 1. The Morgan fingerprint density at radius 1 is 1.07 bits per heavy atom. The lowest BCUT2D eigenvalue weighted by Gasteiger charge is -2.29. The Morgan fingerprint density at radius 2 is 1.80 bits per heavy atom. The van der Waals surface area contributed by atoms with Gasteiger partial charge in [-0.1, -0.05) is 25.5 Å². The Balaban J connectivity index is 1.66. The number of hydrogen-bond acceptors (Lipinski definition) is 9. The fraction of sp³-hybridized carbons (Fsp3) is 0.533. The minimum atomic E-state index is -0.971. The molecule has 0 aromatic heterocycles. The fourth-order valence-electron chi connectivity index (χ4n) is 5.58. The van der Waals surface area contributed by atoms with E-state index < -0.39 is 23.8 Å². The molecule has 11 heteroatoms. The zero-order valence-electron chi connectivity index (χ0n) is 24.0. The summed E-state index contributed by atoms with van der Waals surface area (Å²) in [6, 6.07) is 10.2. The van der Waals surface area contributed by atoms with Gasteiger partial charge >= 0.3 is 5.97 Å². The molecule has 41 heavy (non-hydrogen) atoms. The van der Waals surface area contributed by atoms with E-state index in [4.69, 9.17) is 29.4 Å². The summed E-state index contributed by atoms with van der Waals surface area (Å²) in [6.45, 7) is 4.30. The Kier molecular flexibility index (Phi) is 10.5. The molecule has 0 radical (unpaired) electrons. The number of carboxylic acids is 1. The molecule has 224 valence electrons. The maximum absolute atomic E-state index is 13.6. The maximum Gasteiger partial charge on any atom is 0.308 e. The molecule has 2 heterocycles. The van der Waals surface area contributed by atoms with Crippen molar-refractivity contribution in [3.05, 3.63) is 42.0 Å². The molecule has 0 bridgehead atoms. The van der Waals surface area contributed by atoms with Gasteiger partial charge in [0.05, 0.1) is 32.7 Å².